The van der Waals surface area contributed by atoms with Gasteiger partial charge in [-0.15, -0.1) is 0 Å². The Labute approximate surface area is 202 Å². The molecule has 8 nitrogen and oxygen atoms in total. The van der Waals surface area contributed by atoms with Crippen molar-refractivity contribution in [3.8, 4) is 0 Å². The van der Waals surface area contributed by atoms with E-state index in [4.69, 9.17) is 4.84 Å². The topological polar surface area (TPSA) is 98.8 Å². The average molecular weight is 468 g/mol. The molecule has 1 aliphatic heterocycles. The number of hydrogen-bond donors (Lipinski definition) is 4. The van der Waals surface area contributed by atoms with Gasteiger partial charge in [0.05, 0.1) is 17.8 Å². The highest BCUT2D eigenvalue weighted by molar-refractivity contribution is 5.82. The Morgan fingerprint density at radius 3 is 2.65 bits per heavy atom. The number of carbonyl (C=O) groups excluding carboxylic acids is 1. The molecule has 1 amide bonds. The maximum absolute atomic E-state index is 13.3. The van der Waals surface area contributed by atoms with E-state index < -0.39 is 18.2 Å². The third kappa shape index (κ3) is 6.61. The lowest BCUT2D eigenvalue weighted by Gasteiger charge is -2.33. The number of nitrogens with one attached hydrogen (secondary N) is 3. The molecular weight excluding hydrogens is 430 g/mol. The van der Waals surface area contributed by atoms with E-state index in [2.05, 4.69) is 26.2 Å². The summed E-state index contributed by atoms with van der Waals surface area (Å²) in [6.07, 6.45) is 5.04. The Kier molecular flexibility index (Phi) is 8.64. The van der Waals surface area contributed by atoms with Gasteiger partial charge in [0.25, 0.3) is 0 Å². The summed E-state index contributed by atoms with van der Waals surface area (Å²) in [5.41, 5.74) is 8.27. The second kappa shape index (κ2) is 11.9. The molecule has 1 saturated carbocycles. The van der Waals surface area contributed by atoms with Gasteiger partial charge in [0.2, 0.25) is 5.91 Å². The fraction of sp³-hybridized carbons (Fsp3) is 0.538. The van der Waals surface area contributed by atoms with Crippen LogP contribution in [0.3, 0.4) is 0 Å². The van der Waals surface area contributed by atoms with Crippen LogP contribution in [0.5, 0.6) is 0 Å². The molecule has 0 spiro atoms. The van der Waals surface area contributed by atoms with Gasteiger partial charge >= 0.3 is 0 Å². The summed E-state index contributed by atoms with van der Waals surface area (Å²) in [7, 11) is 0. The Morgan fingerprint density at radius 1 is 1.21 bits per heavy atom. The van der Waals surface area contributed by atoms with E-state index >= 15 is 0 Å². The third-order valence-corrected chi connectivity index (χ3v) is 6.77. The number of hydroxylamine groups is 1. The van der Waals surface area contributed by atoms with E-state index in [0.29, 0.717) is 25.0 Å². The summed E-state index contributed by atoms with van der Waals surface area (Å²) in [4.78, 5) is 23.1. The monoisotopic (exact) mass is 467 g/mol. The van der Waals surface area contributed by atoms with Gasteiger partial charge in [0.15, 0.2) is 0 Å². The van der Waals surface area contributed by atoms with Gasteiger partial charge in [-0.25, -0.2) is 5.01 Å². The van der Waals surface area contributed by atoms with Crippen LogP contribution in [0.4, 0.5) is 0 Å². The van der Waals surface area contributed by atoms with Gasteiger partial charge in [-0.2, -0.15) is 5.48 Å². The molecule has 4 N–H and O–H groups in total. The molecule has 4 rings (SSSR count). The number of aromatic nitrogens is 1. The van der Waals surface area contributed by atoms with Crippen LogP contribution in [0.25, 0.3) is 0 Å². The first-order chi connectivity index (χ1) is 16.5. The Hall–Kier alpha value is -2.36. The van der Waals surface area contributed by atoms with Crippen LogP contribution in [0.15, 0.2) is 54.7 Å². The maximum atomic E-state index is 13.3. The Morgan fingerprint density at radius 2 is 2.00 bits per heavy atom. The molecule has 34 heavy (non-hydrogen) atoms. The van der Waals surface area contributed by atoms with Crippen molar-refractivity contribution in [1.29, 1.82) is 0 Å². The SMILES string of the molecule is CC(C)[C@H](NOCc1ccccn1)C(=O)N[C@@H](Cc1ccccc1)C(O)CN1NC2CCC1C2. The molecule has 2 fully saturated rings. The lowest BCUT2D eigenvalue weighted by atomic mass is 9.98. The summed E-state index contributed by atoms with van der Waals surface area (Å²) in [5.74, 6) is -0.193. The van der Waals surface area contributed by atoms with Crippen molar-refractivity contribution < 1.29 is 14.7 Å². The standard InChI is InChI=1S/C26H37N5O3/c1-18(2)25(30-34-17-21-10-6-7-13-27-21)26(33)28-23(14-19-8-4-3-5-9-19)24(32)16-31-22-12-11-20(15-22)29-31/h3-10,13,18,20,22-25,29-30,32H,11-12,14-17H2,1-2H3,(H,28,33)/t20?,22?,23-,24?,25-/m0/s1. The summed E-state index contributed by atoms with van der Waals surface area (Å²) < 4.78 is 0. The maximum Gasteiger partial charge on any atom is 0.240 e. The molecule has 5 atom stereocenters. The number of fused-ring (bicyclic) bond motifs is 2. The number of rotatable bonds is 12. The predicted molar refractivity (Wildman–Crippen MR) is 130 cm³/mol. The number of aliphatic hydroxyl groups excluding tert-OH is 1. The fourth-order valence-corrected chi connectivity index (χ4v) is 4.83. The number of pyridine rings is 1. The molecule has 2 heterocycles. The number of aliphatic hydroxyl groups is 1. The highest BCUT2D eigenvalue weighted by Crippen LogP contribution is 2.30. The lowest BCUT2D eigenvalue weighted by molar-refractivity contribution is -0.131. The normalized spacial score (nSPS) is 22.6. The van der Waals surface area contributed by atoms with Crippen LogP contribution in [0.2, 0.25) is 0 Å². The van der Waals surface area contributed by atoms with Gasteiger partial charge in [-0.1, -0.05) is 50.2 Å². The second-order valence-electron chi connectivity index (χ2n) is 9.77. The zero-order valence-corrected chi connectivity index (χ0v) is 20.1. The van der Waals surface area contributed by atoms with Crippen molar-refractivity contribution in [2.75, 3.05) is 6.54 Å². The molecular formula is C26H37N5O3. The number of nitrogens with zero attached hydrogens (tertiary/aromatic N) is 2. The first-order valence-corrected chi connectivity index (χ1v) is 12.3. The van der Waals surface area contributed by atoms with Crippen LogP contribution < -0.4 is 16.2 Å². The average Bonchev–Trinajstić information content (AvgIpc) is 3.46. The Balaban J connectivity index is 1.38. The lowest BCUT2D eigenvalue weighted by Crippen LogP contribution is -2.57. The summed E-state index contributed by atoms with van der Waals surface area (Å²) >= 11 is 0. The van der Waals surface area contributed by atoms with Crippen molar-refractivity contribution in [3.63, 3.8) is 0 Å². The van der Waals surface area contributed by atoms with Crippen molar-refractivity contribution >= 4 is 5.91 Å². The van der Waals surface area contributed by atoms with Crippen LogP contribution in [-0.2, 0) is 22.7 Å². The predicted octanol–water partition coefficient (Wildman–Crippen LogP) is 1.96. The number of hydrazine groups is 1. The number of hydrogen-bond acceptors (Lipinski definition) is 7. The van der Waals surface area contributed by atoms with E-state index in [1.54, 1.807) is 6.20 Å². The van der Waals surface area contributed by atoms with E-state index in [1.807, 2.05) is 62.4 Å². The molecule has 1 aliphatic carbocycles. The van der Waals surface area contributed by atoms with Gasteiger partial charge in [-0.3, -0.25) is 20.0 Å². The number of β-amino-alcohol motifs (C(OH)–C–C–N with tert-alkyl or cyclic N) is 1. The van der Waals surface area contributed by atoms with Gasteiger partial charge in [0.1, 0.15) is 12.6 Å². The highest BCUT2D eigenvalue weighted by Gasteiger charge is 2.39. The number of carbonyl (C=O) groups is 1. The molecule has 2 bridgehead atoms. The fourth-order valence-electron chi connectivity index (χ4n) is 4.83. The van der Waals surface area contributed by atoms with E-state index in [-0.39, 0.29) is 18.4 Å². The number of benzene rings is 1. The summed E-state index contributed by atoms with van der Waals surface area (Å²) in [6.45, 7) is 4.68. The van der Waals surface area contributed by atoms with Gasteiger partial charge in [0, 0.05) is 24.8 Å². The van der Waals surface area contributed by atoms with E-state index in [0.717, 1.165) is 24.1 Å². The van der Waals surface area contributed by atoms with Crippen LogP contribution in [0.1, 0.15) is 44.4 Å². The minimum atomic E-state index is -0.710. The van der Waals surface area contributed by atoms with Crippen molar-refractivity contribution in [2.24, 2.45) is 5.92 Å². The first-order valence-electron chi connectivity index (χ1n) is 12.3. The largest absolute Gasteiger partial charge is 0.390 e. The molecule has 2 aliphatic rings. The molecule has 184 valence electrons. The Bertz CT molecular complexity index is 898. The minimum Gasteiger partial charge on any atom is -0.390 e. The molecule has 1 aromatic carbocycles. The highest BCUT2D eigenvalue weighted by atomic mass is 16.6. The molecule has 3 unspecified atom stereocenters. The minimum absolute atomic E-state index is 0.00534. The van der Waals surface area contributed by atoms with Crippen molar-refractivity contribution in [2.45, 2.75) is 76.4 Å². The van der Waals surface area contributed by atoms with Crippen LogP contribution in [0, 0.1) is 5.92 Å². The molecule has 1 aromatic heterocycles. The second-order valence-corrected chi connectivity index (χ2v) is 9.77. The first kappa shape index (κ1) is 24.8. The van der Waals surface area contributed by atoms with Gasteiger partial charge < -0.3 is 10.4 Å². The zero-order valence-electron chi connectivity index (χ0n) is 20.1. The smallest absolute Gasteiger partial charge is 0.240 e. The van der Waals surface area contributed by atoms with Crippen LogP contribution in [-0.4, -0.2) is 57.8 Å². The van der Waals surface area contributed by atoms with Crippen molar-refractivity contribution in [1.82, 2.24) is 26.2 Å². The van der Waals surface area contributed by atoms with Gasteiger partial charge in [-0.05, 0) is 49.3 Å². The zero-order chi connectivity index (χ0) is 23.9. The molecule has 0 radical (unpaired) electrons. The molecule has 2 aromatic rings. The van der Waals surface area contributed by atoms with Crippen molar-refractivity contribution in [3.05, 3.63) is 66.0 Å². The van der Waals surface area contributed by atoms with E-state index in [1.165, 1.54) is 6.42 Å². The molecule has 1 saturated heterocycles. The number of amides is 1. The van der Waals surface area contributed by atoms with E-state index in [9.17, 15) is 9.90 Å². The third-order valence-electron chi connectivity index (χ3n) is 6.77. The summed E-state index contributed by atoms with van der Waals surface area (Å²) in [5, 5.41) is 16.5. The summed E-state index contributed by atoms with van der Waals surface area (Å²) in [6, 6.07) is 15.6. The van der Waals surface area contributed by atoms with Crippen LogP contribution >= 0.6 is 0 Å². The quantitative estimate of drug-likeness (QED) is 0.354. The molecule has 8 heteroatoms.